The number of rotatable bonds is 2. The van der Waals surface area contributed by atoms with Crippen molar-refractivity contribution in [2.24, 2.45) is 12.0 Å². The van der Waals surface area contributed by atoms with Crippen LogP contribution in [0, 0.1) is 13.8 Å². The standard InChI is InChI=1S/C19H18N2O2S/c1-11-9-16-17(10-12(11)2)24-19(21(16)4)20-18(23)15-7-5-14(6-8-15)13(3)22/h5-10H,1-4H3. The molecule has 0 saturated heterocycles. The Morgan fingerprint density at radius 2 is 1.58 bits per heavy atom. The van der Waals surface area contributed by atoms with Gasteiger partial charge in [-0.05, 0) is 56.2 Å². The van der Waals surface area contributed by atoms with Gasteiger partial charge < -0.3 is 4.57 Å². The maximum atomic E-state index is 12.4. The third-order valence-corrected chi connectivity index (χ3v) is 5.26. The number of carbonyl (C=O) groups is 2. The molecule has 3 rings (SSSR count). The van der Waals surface area contributed by atoms with E-state index in [1.165, 1.54) is 29.4 Å². The van der Waals surface area contributed by atoms with E-state index in [0.29, 0.717) is 15.9 Å². The van der Waals surface area contributed by atoms with Gasteiger partial charge in [-0.1, -0.05) is 23.5 Å². The summed E-state index contributed by atoms with van der Waals surface area (Å²) >= 11 is 1.50. The monoisotopic (exact) mass is 338 g/mol. The van der Waals surface area contributed by atoms with Crippen LogP contribution in [0.15, 0.2) is 41.4 Å². The minimum atomic E-state index is -0.305. The first-order valence-corrected chi connectivity index (χ1v) is 8.45. The lowest BCUT2D eigenvalue weighted by Gasteiger charge is -2.01. The Morgan fingerprint density at radius 3 is 2.21 bits per heavy atom. The molecule has 0 N–H and O–H groups in total. The molecule has 0 bridgehead atoms. The molecule has 122 valence electrons. The Morgan fingerprint density at radius 1 is 1.00 bits per heavy atom. The maximum absolute atomic E-state index is 12.4. The fourth-order valence-electron chi connectivity index (χ4n) is 2.48. The predicted molar refractivity (Wildman–Crippen MR) is 96.6 cm³/mol. The smallest absolute Gasteiger partial charge is 0.279 e. The van der Waals surface area contributed by atoms with Crippen LogP contribution in [0.1, 0.15) is 38.8 Å². The van der Waals surface area contributed by atoms with E-state index in [-0.39, 0.29) is 11.7 Å². The van der Waals surface area contributed by atoms with Gasteiger partial charge in [-0.15, -0.1) is 0 Å². The van der Waals surface area contributed by atoms with Crippen molar-refractivity contribution in [2.45, 2.75) is 20.8 Å². The molecule has 1 aromatic heterocycles. The minimum Gasteiger partial charge on any atom is -0.319 e. The zero-order chi connectivity index (χ0) is 17.4. The number of carbonyl (C=O) groups excluding carboxylic acids is 2. The first-order chi connectivity index (χ1) is 11.4. The van der Waals surface area contributed by atoms with Crippen molar-refractivity contribution in [2.75, 3.05) is 0 Å². The van der Waals surface area contributed by atoms with Gasteiger partial charge in [0.2, 0.25) is 0 Å². The Bertz CT molecular complexity index is 1020. The largest absolute Gasteiger partial charge is 0.319 e. The van der Waals surface area contributed by atoms with Crippen molar-refractivity contribution < 1.29 is 9.59 Å². The summed E-state index contributed by atoms with van der Waals surface area (Å²) in [6.45, 7) is 5.65. The van der Waals surface area contributed by atoms with Gasteiger partial charge in [0.15, 0.2) is 10.6 Å². The molecule has 1 heterocycles. The van der Waals surface area contributed by atoms with Crippen LogP contribution in [0.4, 0.5) is 0 Å². The van der Waals surface area contributed by atoms with Crippen LogP contribution in [0.5, 0.6) is 0 Å². The van der Waals surface area contributed by atoms with E-state index in [0.717, 1.165) is 10.2 Å². The van der Waals surface area contributed by atoms with Crippen LogP contribution >= 0.6 is 11.3 Å². The highest BCUT2D eigenvalue weighted by atomic mass is 32.1. The number of nitrogens with zero attached hydrogens (tertiary/aromatic N) is 2. The van der Waals surface area contributed by atoms with Crippen LogP contribution < -0.4 is 4.80 Å². The van der Waals surface area contributed by atoms with Gasteiger partial charge in [-0.3, -0.25) is 9.59 Å². The van der Waals surface area contributed by atoms with E-state index in [1.54, 1.807) is 24.3 Å². The molecular formula is C19H18N2O2S. The van der Waals surface area contributed by atoms with Gasteiger partial charge in [0.25, 0.3) is 5.91 Å². The molecule has 0 spiro atoms. The first kappa shape index (κ1) is 16.3. The molecule has 4 nitrogen and oxygen atoms in total. The maximum Gasteiger partial charge on any atom is 0.279 e. The normalized spacial score (nSPS) is 11.9. The van der Waals surface area contributed by atoms with Crippen molar-refractivity contribution >= 4 is 33.2 Å². The summed E-state index contributed by atoms with van der Waals surface area (Å²) in [5.41, 5.74) is 4.58. The Balaban J connectivity index is 2.04. The molecule has 0 aliphatic rings. The molecule has 0 fully saturated rings. The molecule has 1 amide bonds. The third-order valence-electron chi connectivity index (χ3n) is 4.16. The number of fused-ring (bicyclic) bond motifs is 1. The average Bonchev–Trinajstić information content (AvgIpc) is 2.84. The highest BCUT2D eigenvalue weighted by molar-refractivity contribution is 7.16. The summed E-state index contributed by atoms with van der Waals surface area (Å²) in [6, 6.07) is 10.8. The summed E-state index contributed by atoms with van der Waals surface area (Å²) in [6.07, 6.45) is 0. The van der Waals surface area contributed by atoms with Crippen molar-refractivity contribution in [1.29, 1.82) is 0 Å². The summed E-state index contributed by atoms with van der Waals surface area (Å²) in [5.74, 6) is -0.326. The van der Waals surface area contributed by atoms with E-state index in [9.17, 15) is 9.59 Å². The summed E-state index contributed by atoms with van der Waals surface area (Å²) in [5, 5.41) is 0. The summed E-state index contributed by atoms with van der Waals surface area (Å²) in [7, 11) is 1.92. The number of Topliss-reactive ketones (excluding diaryl/α,β-unsaturated/α-hetero) is 1. The number of ketones is 1. The van der Waals surface area contributed by atoms with Gasteiger partial charge in [0.1, 0.15) is 0 Å². The number of aromatic nitrogens is 1. The summed E-state index contributed by atoms with van der Waals surface area (Å²) < 4.78 is 3.05. The molecule has 0 unspecified atom stereocenters. The molecule has 0 aliphatic heterocycles. The summed E-state index contributed by atoms with van der Waals surface area (Å²) in [4.78, 5) is 28.6. The SMILES string of the molecule is CC(=O)c1ccc(C(=O)N=c2sc3cc(C)c(C)cc3n2C)cc1. The fourth-order valence-corrected chi connectivity index (χ4v) is 3.58. The topological polar surface area (TPSA) is 51.4 Å². The zero-order valence-corrected chi connectivity index (χ0v) is 14.9. The third kappa shape index (κ3) is 2.95. The molecule has 0 aliphatic carbocycles. The van der Waals surface area contributed by atoms with E-state index in [2.05, 4.69) is 31.0 Å². The van der Waals surface area contributed by atoms with Crippen LogP contribution in [-0.4, -0.2) is 16.3 Å². The van der Waals surface area contributed by atoms with Crippen LogP contribution in [0.3, 0.4) is 0 Å². The number of hydrogen-bond donors (Lipinski definition) is 0. The molecule has 3 aromatic rings. The van der Waals surface area contributed by atoms with E-state index < -0.39 is 0 Å². The van der Waals surface area contributed by atoms with Gasteiger partial charge in [0.05, 0.1) is 10.2 Å². The Labute approximate surface area is 144 Å². The van der Waals surface area contributed by atoms with Crippen molar-refractivity contribution in [3.05, 3.63) is 63.5 Å². The second-order valence-corrected chi connectivity index (χ2v) is 6.91. The number of hydrogen-bond acceptors (Lipinski definition) is 3. The lowest BCUT2D eigenvalue weighted by atomic mass is 10.1. The second kappa shape index (κ2) is 6.17. The minimum absolute atomic E-state index is 0.0208. The number of aryl methyl sites for hydroxylation is 3. The van der Waals surface area contributed by atoms with E-state index in [4.69, 9.17) is 0 Å². The molecular weight excluding hydrogens is 320 g/mol. The average molecular weight is 338 g/mol. The molecule has 24 heavy (non-hydrogen) atoms. The van der Waals surface area contributed by atoms with Crippen LogP contribution in [-0.2, 0) is 7.05 Å². The quantitative estimate of drug-likeness (QED) is 0.667. The highest BCUT2D eigenvalue weighted by Gasteiger charge is 2.09. The van der Waals surface area contributed by atoms with Gasteiger partial charge in [0, 0.05) is 18.2 Å². The lowest BCUT2D eigenvalue weighted by Crippen LogP contribution is -2.13. The molecule has 0 radical (unpaired) electrons. The van der Waals surface area contributed by atoms with Crippen LogP contribution in [0.25, 0.3) is 10.2 Å². The lowest BCUT2D eigenvalue weighted by molar-refractivity contribution is 0.0991. The number of amides is 1. The molecule has 5 heteroatoms. The second-order valence-electron chi connectivity index (χ2n) is 5.90. The van der Waals surface area contributed by atoms with Gasteiger partial charge in [-0.2, -0.15) is 4.99 Å². The Hall–Kier alpha value is -2.53. The van der Waals surface area contributed by atoms with Crippen molar-refractivity contribution in [3.63, 3.8) is 0 Å². The van der Waals surface area contributed by atoms with Gasteiger partial charge >= 0.3 is 0 Å². The first-order valence-electron chi connectivity index (χ1n) is 7.63. The van der Waals surface area contributed by atoms with E-state index >= 15 is 0 Å². The van der Waals surface area contributed by atoms with Crippen molar-refractivity contribution in [1.82, 2.24) is 4.57 Å². The molecule has 2 aromatic carbocycles. The zero-order valence-electron chi connectivity index (χ0n) is 14.1. The highest BCUT2D eigenvalue weighted by Crippen LogP contribution is 2.21. The Kier molecular flexibility index (Phi) is 4.20. The van der Waals surface area contributed by atoms with Gasteiger partial charge in [-0.25, -0.2) is 0 Å². The molecule has 0 saturated carbocycles. The predicted octanol–water partition coefficient (Wildman–Crippen LogP) is 3.80. The van der Waals surface area contributed by atoms with Crippen molar-refractivity contribution in [3.8, 4) is 0 Å². The number of thiazole rings is 1. The van der Waals surface area contributed by atoms with E-state index in [1.807, 2.05) is 11.6 Å². The molecule has 0 atom stereocenters. The fraction of sp³-hybridized carbons (Fsp3) is 0.211. The van der Waals surface area contributed by atoms with Crippen LogP contribution in [0.2, 0.25) is 0 Å². The number of benzene rings is 2.